The predicted octanol–water partition coefficient (Wildman–Crippen LogP) is 1.71. The molecule has 0 radical (unpaired) electrons. The Labute approximate surface area is 78.4 Å². The standard InChI is InChI=1S/C9H7FN2O2/c1-4-6-2-5(10)3-7(9(13)14)8(6)12-11-4/h2-3H,1H3,(H,11,12)(H,13,14). The van der Waals surface area contributed by atoms with Crippen molar-refractivity contribution in [2.45, 2.75) is 6.92 Å². The number of aryl methyl sites for hydroxylation is 1. The van der Waals surface area contributed by atoms with E-state index in [-0.39, 0.29) is 11.1 Å². The number of rotatable bonds is 1. The summed E-state index contributed by atoms with van der Waals surface area (Å²) in [5.74, 6) is -1.75. The molecule has 0 spiro atoms. The summed E-state index contributed by atoms with van der Waals surface area (Å²) in [7, 11) is 0. The molecule has 0 amide bonds. The van der Waals surface area contributed by atoms with Crippen LogP contribution in [0.1, 0.15) is 16.1 Å². The molecule has 72 valence electrons. The summed E-state index contributed by atoms with van der Waals surface area (Å²) in [6.07, 6.45) is 0. The molecule has 1 aromatic carbocycles. The lowest BCUT2D eigenvalue weighted by atomic mass is 10.1. The van der Waals surface area contributed by atoms with Gasteiger partial charge in [0.1, 0.15) is 11.3 Å². The van der Waals surface area contributed by atoms with E-state index in [1.807, 2.05) is 0 Å². The number of carbonyl (C=O) groups is 1. The molecular formula is C9H7FN2O2. The van der Waals surface area contributed by atoms with Gasteiger partial charge in [0.25, 0.3) is 0 Å². The molecule has 2 aromatic rings. The Kier molecular flexibility index (Phi) is 1.73. The van der Waals surface area contributed by atoms with E-state index in [0.29, 0.717) is 11.1 Å². The third-order valence-electron chi connectivity index (χ3n) is 2.04. The van der Waals surface area contributed by atoms with E-state index >= 15 is 0 Å². The van der Waals surface area contributed by atoms with Crippen molar-refractivity contribution in [2.24, 2.45) is 0 Å². The van der Waals surface area contributed by atoms with E-state index in [2.05, 4.69) is 10.2 Å². The number of benzene rings is 1. The normalized spacial score (nSPS) is 10.7. The fraction of sp³-hybridized carbons (Fsp3) is 0.111. The van der Waals surface area contributed by atoms with Crippen LogP contribution in [0.3, 0.4) is 0 Å². The molecule has 2 rings (SSSR count). The Bertz CT molecular complexity index is 519. The number of hydrogen-bond acceptors (Lipinski definition) is 2. The highest BCUT2D eigenvalue weighted by molar-refractivity contribution is 6.02. The van der Waals surface area contributed by atoms with Gasteiger partial charge in [-0.1, -0.05) is 0 Å². The topological polar surface area (TPSA) is 66.0 Å². The van der Waals surface area contributed by atoms with Crippen molar-refractivity contribution >= 4 is 16.9 Å². The fourth-order valence-corrected chi connectivity index (χ4v) is 1.37. The first kappa shape index (κ1) is 8.68. The van der Waals surface area contributed by atoms with Crippen LogP contribution in [-0.4, -0.2) is 21.3 Å². The first-order valence-corrected chi connectivity index (χ1v) is 3.97. The van der Waals surface area contributed by atoms with Crippen molar-refractivity contribution in [3.63, 3.8) is 0 Å². The highest BCUT2D eigenvalue weighted by Gasteiger charge is 2.14. The monoisotopic (exact) mass is 194 g/mol. The largest absolute Gasteiger partial charge is 0.478 e. The summed E-state index contributed by atoms with van der Waals surface area (Å²) in [6, 6.07) is 2.23. The van der Waals surface area contributed by atoms with Crippen LogP contribution in [-0.2, 0) is 0 Å². The molecule has 0 bridgehead atoms. The SMILES string of the molecule is Cc1[nH]nc2c(C(=O)O)cc(F)cc12. The molecule has 0 saturated heterocycles. The minimum Gasteiger partial charge on any atom is -0.478 e. The number of carboxylic acids is 1. The lowest BCUT2D eigenvalue weighted by Crippen LogP contribution is -1.98. The predicted molar refractivity (Wildman–Crippen MR) is 47.7 cm³/mol. The quantitative estimate of drug-likeness (QED) is 0.726. The molecule has 0 atom stereocenters. The third kappa shape index (κ3) is 1.14. The zero-order valence-electron chi connectivity index (χ0n) is 7.34. The van der Waals surface area contributed by atoms with Gasteiger partial charge >= 0.3 is 5.97 Å². The number of aromatic amines is 1. The summed E-state index contributed by atoms with van der Waals surface area (Å²) < 4.78 is 13.0. The van der Waals surface area contributed by atoms with Crippen molar-refractivity contribution in [2.75, 3.05) is 0 Å². The van der Waals surface area contributed by atoms with Crippen LogP contribution in [0.4, 0.5) is 4.39 Å². The maximum atomic E-state index is 13.0. The Morgan fingerprint density at radius 1 is 1.57 bits per heavy atom. The van der Waals surface area contributed by atoms with Gasteiger partial charge in [0.05, 0.1) is 5.56 Å². The zero-order valence-corrected chi connectivity index (χ0v) is 7.34. The van der Waals surface area contributed by atoms with Gasteiger partial charge < -0.3 is 5.11 Å². The Hall–Kier alpha value is -1.91. The zero-order chi connectivity index (χ0) is 10.3. The van der Waals surface area contributed by atoms with Crippen LogP contribution in [0.5, 0.6) is 0 Å². The van der Waals surface area contributed by atoms with E-state index in [0.717, 1.165) is 6.07 Å². The van der Waals surface area contributed by atoms with Crippen LogP contribution < -0.4 is 0 Å². The number of aromatic carboxylic acids is 1. The van der Waals surface area contributed by atoms with Crippen LogP contribution >= 0.6 is 0 Å². The molecule has 0 fully saturated rings. The number of hydrogen-bond donors (Lipinski definition) is 2. The number of halogens is 1. The molecule has 2 N–H and O–H groups in total. The van der Waals surface area contributed by atoms with Gasteiger partial charge in [-0.15, -0.1) is 0 Å². The minimum atomic E-state index is -1.18. The van der Waals surface area contributed by atoms with E-state index in [1.54, 1.807) is 6.92 Å². The van der Waals surface area contributed by atoms with Crippen molar-refractivity contribution < 1.29 is 14.3 Å². The average Bonchev–Trinajstić information content (AvgIpc) is 2.47. The second-order valence-electron chi connectivity index (χ2n) is 3.00. The minimum absolute atomic E-state index is 0.121. The molecule has 0 aliphatic carbocycles. The second kappa shape index (κ2) is 2.80. The molecule has 1 heterocycles. The van der Waals surface area contributed by atoms with Crippen LogP contribution in [0.2, 0.25) is 0 Å². The molecule has 5 heteroatoms. The molecule has 14 heavy (non-hydrogen) atoms. The summed E-state index contributed by atoms with van der Waals surface area (Å²) in [5.41, 5.74) is 0.822. The number of fused-ring (bicyclic) bond motifs is 1. The van der Waals surface area contributed by atoms with E-state index in [4.69, 9.17) is 5.11 Å². The lowest BCUT2D eigenvalue weighted by Gasteiger charge is -1.96. The molecule has 0 aliphatic rings. The van der Waals surface area contributed by atoms with Crippen LogP contribution in [0.15, 0.2) is 12.1 Å². The smallest absolute Gasteiger partial charge is 0.338 e. The summed E-state index contributed by atoms with van der Waals surface area (Å²) in [6.45, 7) is 1.71. The van der Waals surface area contributed by atoms with Crippen molar-refractivity contribution in [1.29, 1.82) is 0 Å². The van der Waals surface area contributed by atoms with E-state index in [1.165, 1.54) is 6.07 Å². The first-order chi connectivity index (χ1) is 6.59. The summed E-state index contributed by atoms with van der Waals surface area (Å²) >= 11 is 0. The molecule has 0 unspecified atom stereocenters. The van der Waals surface area contributed by atoms with Crippen molar-refractivity contribution in [3.8, 4) is 0 Å². The summed E-state index contributed by atoms with van der Waals surface area (Å²) in [5, 5.41) is 15.7. The van der Waals surface area contributed by atoms with E-state index < -0.39 is 11.8 Å². The van der Waals surface area contributed by atoms with Gasteiger partial charge in [-0.3, -0.25) is 5.10 Å². The fourth-order valence-electron chi connectivity index (χ4n) is 1.37. The maximum Gasteiger partial charge on any atom is 0.338 e. The van der Waals surface area contributed by atoms with Gasteiger partial charge in [-0.25, -0.2) is 9.18 Å². The Balaban J connectivity index is 2.88. The lowest BCUT2D eigenvalue weighted by molar-refractivity contribution is 0.0698. The van der Waals surface area contributed by atoms with Crippen LogP contribution in [0, 0.1) is 12.7 Å². The van der Waals surface area contributed by atoms with Gasteiger partial charge in [-0.2, -0.15) is 5.10 Å². The Morgan fingerprint density at radius 3 is 2.93 bits per heavy atom. The number of H-pyrrole nitrogens is 1. The summed E-state index contributed by atoms with van der Waals surface area (Å²) in [4.78, 5) is 10.8. The van der Waals surface area contributed by atoms with Crippen LogP contribution in [0.25, 0.3) is 10.9 Å². The maximum absolute atomic E-state index is 13.0. The highest BCUT2D eigenvalue weighted by atomic mass is 19.1. The van der Waals surface area contributed by atoms with Gasteiger partial charge in [-0.05, 0) is 19.1 Å². The first-order valence-electron chi connectivity index (χ1n) is 3.97. The second-order valence-corrected chi connectivity index (χ2v) is 3.00. The Morgan fingerprint density at radius 2 is 2.29 bits per heavy atom. The highest BCUT2D eigenvalue weighted by Crippen LogP contribution is 2.20. The van der Waals surface area contributed by atoms with Crippen molar-refractivity contribution in [1.82, 2.24) is 10.2 Å². The number of aromatic nitrogens is 2. The van der Waals surface area contributed by atoms with Crippen molar-refractivity contribution in [3.05, 3.63) is 29.2 Å². The van der Waals surface area contributed by atoms with Gasteiger partial charge in [0.15, 0.2) is 0 Å². The van der Waals surface area contributed by atoms with Gasteiger partial charge in [0, 0.05) is 11.1 Å². The molecule has 0 saturated carbocycles. The van der Waals surface area contributed by atoms with Gasteiger partial charge in [0.2, 0.25) is 0 Å². The molecule has 0 aliphatic heterocycles. The molecular weight excluding hydrogens is 187 g/mol. The molecule has 4 nitrogen and oxygen atoms in total. The number of nitrogens with zero attached hydrogens (tertiary/aromatic N) is 1. The average molecular weight is 194 g/mol. The number of nitrogens with one attached hydrogen (secondary N) is 1. The molecule has 1 aromatic heterocycles. The number of carboxylic acid groups (broad SMARTS) is 1. The van der Waals surface area contributed by atoms with E-state index in [9.17, 15) is 9.18 Å². The third-order valence-corrected chi connectivity index (χ3v) is 2.04.